The van der Waals surface area contributed by atoms with Crippen LogP contribution < -0.4 is 0 Å². The van der Waals surface area contributed by atoms with Crippen LogP contribution in [0.15, 0.2) is 194 Å². The van der Waals surface area contributed by atoms with E-state index >= 15 is 0 Å². The number of nitrogens with zero attached hydrogens (tertiary/aromatic N) is 4. The lowest BCUT2D eigenvalue weighted by atomic mass is 9.79. The van der Waals surface area contributed by atoms with Crippen LogP contribution in [0.3, 0.4) is 0 Å². The first-order valence-corrected chi connectivity index (χ1v) is 23.1. The Kier molecular flexibility index (Phi) is 11.0. The number of phenols is 1. The van der Waals surface area contributed by atoms with Gasteiger partial charge in [-0.05, 0) is 92.1 Å². The molecule has 3 aromatic heterocycles. The quantitative estimate of drug-likeness (QED) is 0.165. The Bertz CT molecular complexity index is 3360. The summed E-state index contributed by atoms with van der Waals surface area (Å²) in [6.45, 7) is 15.2. The fraction of sp³-hybridized carbons (Fsp3) is 0.145. The number of fused-ring (bicyclic) bond motifs is 1. The van der Waals surface area contributed by atoms with Crippen molar-refractivity contribution >= 4 is 11.2 Å². The SMILES string of the molecule is Cc1cnc(-c2cccc(-c3ccnc4c3nc(-c3cc(C(C)(C)C)cc(C(C)(C)C)c3O)n4-c3c(-c4ccccc4)cccc3-c3ccccc3)c2)cc1-c1ccc(-c2ccccc2)cc1. The van der Waals surface area contributed by atoms with E-state index in [1.54, 1.807) is 0 Å². The lowest BCUT2D eigenvalue weighted by molar-refractivity contribution is 0.446. The Labute approximate surface area is 394 Å². The van der Waals surface area contributed by atoms with Gasteiger partial charge in [-0.1, -0.05) is 199 Å². The monoisotopic (exact) mass is 870 g/mol. The van der Waals surface area contributed by atoms with Gasteiger partial charge in [-0.2, -0.15) is 0 Å². The lowest BCUT2D eigenvalue weighted by Crippen LogP contribution is -2.17. The molecule has 0 bridgehead atoms. The van der Waals surface area contributed by atoms with Crippen LogP contribution in [0.2, 0.25) is 0 Å². The zero-order valence-electron chi connectivity index (χ0n) is 39.2. The van der Waals surface area contributed by atoms with Crippen molar-refractivity contribution in [3.63, 3.8) is 0 Å². The molecule has 0 saturated carbocycles. The van der Waals surface area contributed by atoms with E-state index in [1.807, 2.05) is 30.6 Å². The number of aryl methyl sites for hydroxylation is 1. The third-order valence-corrected chi connectivity index (χ3v) is 12.9. The summed E-state index contributed by atoms with van der Waals surface area (Å²) < 4.78 is 2.19. The molecule has 1 N–H and O–H groups in total. The largest absolute Gasteiger partial charge is 0.507 e. The molecule has 0 unspecified atom stereocenters. The van der Waals surface area contributed by atoms with Gasteiger partial charge in [0.2, 0.25) is 0 Å². The summed E-state index contributed by atoms with van der Waals surface area (Å²) in [4.78, 5) is 15.8. The Balaban J connectivity index is 1.20. The summed E-state index contributed by atoms with van der Waals surface area (Å²) >= 11 is 0. The van der Waals surface area contributed by atoms with Gasteiger partial charge >= 0.3 is 0 Å². The molecule has 0 radical (unpaired) electrons. The first-order chi connectivity index (χ1) is 32.3. The number of benzene rings is 7. The second kappa shape index (κ2) is 17.2. The molecule has 5 nitrogen and oxygen atoms in total. The average Bonchev–Trinajstić information content (AvgIpc) is 3.73. The van der Waals surface area contributed by atoms with Gasteiger partial charge in [0.15, 0.2) is 11.5 Å². The van der Waals surface area contributed by atoms with E-state index < -0.39 is 0 Å². The molecule has 0 aliphatic carbocycles. The maximum absolute atomic E-state index is 12.6. The van der Waals surface area contributed by atoms with E-state index in [0.29, 0.717) is 17.0 Å². The highest BCUT2D eigenvalue weighted by Gasteiger charge is 2.30. The molecule has 10 aromatic rings. The van der Waals surface area contributed by atoms with Gasteiger partial charge in [-0.15, -0.1) is 0 Å². The number of rotatable bonds is 8. The predicted molar refractivity (Wildman–Crippen MR) is 279 cm³/mol. The molecule has 0 aliphatic rings. The molecule has 0 saturated heterocycles. The van der Waals surface area contributed by atoms with Gasteiger partial charge in [0, 0.05) is 40.2 Å². The summed E-state index contributed by atoms with van der Waals surface area (Å²) in [6.07, 6.45) is 3.85. The second-order valence-corrected chi connectivity index (χ2v) is 19.6. The van der Waals surface area contributed by atoms with Crippen molar-refractivity contribution in [3.05, 3.63) is 211 Å². The molecular weight excluding hydrogens is 817 g/mol. The molecule has 7 aromatic carbocycles. The molecule has 5 heteroatoms. The highest BCUT2D eigenvalue weighted by Crippen LogP contribution is 2.47. The van der Waals surface area contributed by atoms with Crippen LogP contribution in [0.4, 0.5) is 0 Å². The van der Waals surface area contributed by atoms with Crippen molar-refractivity contribution in [3.8, 4) is 89.7 Å². The van der Waals surface area contributed by atoms with Gasteiger partial charge in [0.05, 0.1) is 16.9 Å². The topological polar surface area (TPSA) is 63.8 Å². The first kappa shape index (κ1) is 43.0. The van der Waals surface area contributed by atoms with Crippen molar-refractivity contribution in [2.24, 2.45) is 0 Å². The maximum Gasteiger partial charge on any atom is 0.165 e. The van der Waals surface area contributed by atoms with Crippen LogP contribution in [-0.4, -0.2) is 24.6 Å². The molecular formula is C62H54N4O. The number of aromatic hydroxyl groups is 1. The van der Waals surface area contributed by atoms with E-state index in [-0.39, 0.29) is 16.6 Å². The Morgan fingerprint density at radius 3 is 1.60 bits per heavy atom. The third-order valence-electron chi connectivity index (χ3n) is 12.9. The minimum absolute atomic E-state index is 0.213. The summed E-state index contributed by atoms with van der Waals surface area (Å²) in [5, 5.41) is 12.6. The van der Waals surface area contributed by atoms with Crippen LogP contribution in [0.5, 0.6) is 5.75 Å². The van der Waals surface area contributed by atoms with E-state index in [1.165, 1.54) is 11.1 Å². The number of phenolic OH excluding ortho intramolecular Hbond substituents is 1. The number of para-hydroxylation sites is 1. The van der Waals surface area contributed by atoms with Gasteiger partial charge in [-0.25, -0.2) is 9.97 Å². The van der Waals surface area contributed by atoms with Gasteiger partial charge in [0.25, 0.3) is 0 Å². The summed E-state index contributed by atoms with van der Waals surface area (Å²) in [6, 6.07) is 63.8. The zero-order valence-corrected chi connectivity index (χ0v) is 39.2. The molecule has 0 fully saturated rings. The molecule has 328 valence electrons. The van der Waals surface area contributed by atoms with Crippen molar-refractivity contribution in [2.45, 2.75) is 59.3 Å². The third kappa shape index (κ3) is 8.23. The van der Waals surface area contributed by atoms with Gasteiger partial charge in [-0.3, -0.25) is 9.55 Å². The minimum atomic E-state index is -0.354. The molecule has 0 atom stereocenters. The summed E-state index contributed by atoms with van der Waals surface area (Å²) in [7, 11) is 0. The molecule has 0 spiro atoms. The van der Waals surface area contributed by atoms with Crippen molar-refractivity contribution in [1.29, 1.82) is 0 Å². The molecule has 0 amide bonds. The van der Waals surface area contributed by atoms with Gasteiger partial charge in [0.1, 0.15) is 11.3 Å². The normalized spacial score (nSPS) is 11.9. The molecule has 67 heavy (non-hydrogen) atoms. The van der Waals surface area contributed by atoms with E-state index in [2.05, 4.69) is 217 Å². The average molecular weight is 871 g/mol. The fourth-order valence-electron chi connectivity index (χ4n) is 9.21. The number of pyridine rings is 2. The van der Waals surface area contributed by atoms with Crippen LogP contribution in [0, 0.1) is 6.92 Å². The van der Waals surface area contributed by atoms with Crippen LogP contribution >= 0.6 is 0 Å². The second-order valence-electron chi connectivity index (χ2n) is 19.6. The van der Waals surface area contributed by atoms with Crippen LogP contribution in [0.25, 0.3) is 95.1 Å². The number of hydrogen-bond acceptors (Lipinski definition) is 4. The summed E-state index contributed by atoms with van der Waals surface area (Å²) in [5.41, 5.74) is 18.2. The number of imidazole rings is 1. The molecule has 3 heterocycles. The van der Waals surface area contributed by atoms with Crippen molar-refractivity contribution in [2.75, 3.05) is 0 Å². The standard InChI is InChI=1S/C62H54N4O/c1-40-39-64-55(38-52(40)45-31-29-42(30-32-45)41-19-11-8-12-20-41)47-26-17-25-46(35-47)49-33-34-63-60-56(49)65-59(53-36-48(61(2,3)4)37-54(58(53)67)62(5,6)7)66(60)57-50(43-21-13-9-14-22-43)27-18-28-51(57)44-23-15-10-16-24-44/h8-39,67H,1-7H3. The fourth-order valence-corrected chi connectivity index (χ4v) is 9.21. The number of hydrogen-bond donors (Lipinski definition) is 1. The van der Waals surface area contributed by atoms with Crippen LogP contribution in [-0.2, 0) is 10.8 Å². The highest BCUT2D eigenvalue weighted by atomic mass is 16.3. The highest BCUT2D eigenvalue weighted by molar-refractivity contribution is 5.98. The maximum atomic E-state index is 12.6. The van der Waals surface area contributed by atoms with Gasteiger partial charge < -0.3 is 5.11 Å². The van der Waals surface area contributed by atoms with Crippen molar-refractivity contribution in [1.82, 2.24) is 19.5 Å². The Morgan fingerprint density at radius 1 is 0.448 bits per heavy atom. The predicted octanol–water partition coefficient (Wildman–Crippen LogP) is 16.1. The molecule has 10 rings (SSSR count). The summed E-state index contributed by atoms with van der Waals surface area (Å²) in [5.74, 6) is 0.832. The first-order valence-electron chi connectivity index (χ1n) is 23.1. The van der Waals surface area contributed by atoms with Crippen molar-refractivity contribution < 1.29 is 5.11 Å². The Hall–Kier alpha value is -7.89. The van der Waals surface area contributed by atoms with E-state index in [4.69, 9.17) is 15.0 Å². The smallest absolute Gasteiger partial charge is 0.165 e. The Morgan fingerprint density at radius 2 is 0.985 bits per heavy atom. The zero-order chi connectivity index (χ0) is 46.5. The van der Waals surface area contributed by atoms with Crippen LogP contribution in [0.1, 0.15) is 58.2 Å². The minimum Gasteiger partial charge on any atom is -0.507 e. The van der Waals surface area contributed by atoms with E-state index in [9.17, 15) is 5.11 Å². The number of aromatic nitrogens is 4. The lowest BCUT2D eigenvalue weighted by Gasteiger charge is -2.28. The van der Waals surface area contributed by atoms with E-state index in [0.717, 1.165) is 83.7 Å². The molecule has 0 aliphatic heterocycles.